The first-order valence-corrected chi connectivity index (χ1v) is 16.0. The number of pyridine rings is 1. The number of benzene rings is 2. The van der Waals surface area contributed by atoms with Crippen LogP contribution in [-0.4, -0.2) is 51.5 Å². The minimum atomic E-state index is -0.759. The van der Waals surface area contributed by atoms with Crippen LogP contribution < -0.4 is 21.7 Å². The highest BCUT2D eigenvalue weighted by atomic mass is 16.2. The van der Waals surface area contributed by atoms with Crippen LogP contribution in [0.4, 0.5) is 5.69 Å². The zero-order chi connectivity index (χ0) is 31.3. The van der Waals surface area contributed by atoms with E-state index in [1.54, 1.807) is 12.3 Å². The Morgan fingerprint density at radius 1 is 0.978 bits per heavy atom. The van der Waals surface area contributed by atoms with E-state index in [2.05, 4.69) is 31.1 Å². The summed E-state index contributed by atoms with van der Waals surface area (Å²) in [4.78, 5) is 44.1. The summed E-state index contributed by atoms with van der Waals surface area (Å²) in [5, 5.41) is 17.0. The number of carbonyl (C=O) groups is 3. The molecule has 2 aliphatic carbocycles. The van der Waals surface area contributed by atoms with Crippen molar-refractivity contribution in [2.24, 2.45) is 17.6 Å². The molecule has 2 aromatic heterocycles. The Balaban J connectivity index is 1.16. The fraction of sp³-hybridized carbons (Fsp3) is 0.400. The Kier molecular flexibility index (Phi) is 9.21. The third kappa shape index (κ3) is 7.23. The maximum absolute atomic E-state index is 13.6. The molecule has 0 saturated heterocycles. The summed E-state index contributed by atoms with van der Waals surface area (Å²) in [5.41, 5.74) is 11.3. The average molecular weight is 608 g/mol. The average Bonchev–Trinajstić information content (AvgIpc) is 3.51. The molecule has 0 bridgehead atoms. The van der Waals surface area contributed by atoms with Crippen LogP contribution in [0.3, 0.4) is 0 Å². The molecule has 45 heavy (non-hydrogen) atoms. The van der Waals surface area contributed by atoms with Gasteiger partial charge in [-0.3, -0.25) is 19.5 Å². The SMILES string of the molecule is Cc1nc(C(=O)NC2CCC2)ccc1-c1ccc(CC(NC(=O)C2CCC(CN)CC2)C(=O)Nc2ccc3cn[nH]c3c2)cc1. The fourth-order valence-corrected chi connectivity index (χ4v) is 6.26. The standard InChI is InChI=1S/C35H41N7O3/c1-21-29(15-16-30(38-21)34(44)39-27-3-2-4-27)24-9-5-22(6-10-24)17-32(41-33(43)25-11-7-23(19-36)8-12-25)35(45)40-28-14-13-26-20-37-42-31(26)18-28/h5-6,9-10,13-16,18,20,23,25,27,32H,2-4,7-8,11-12,17,19,36H2,1H3,(H,37,42)(H,39,44)(H,40,45)(H,41,43). The van der Waals surface area contributed by atoms with Gasteiger partial charge in [0.1, 0.15) is 11.7 Å². The first kappa shape index (κ1) is 30.5. The predicted octanol–water partition coefficient (Wildman–Crippen LogP) is 4.65. The summed E-state index contributed by atoms with van der Waals surface area (Å²) in [5.74, 6) is -0.162. The molecule has 234 valence electrons. The minimum absolute atomic E-state index is 0.0885. The lowest BCUT2D eigenvalue weighted by molar-refractivity contribution is -0.130. The molecule has 2 aromatic carbocycles. The lowest BCUT2D eigenvalue weighted by atomic mass is 9.81. The number of carbonyl (C=O) groups excluding carboxylic acids is 3. The molecule has 0 aliphatic heterocycles. The molecular formula is C35H41N7O3. The van der Waals surface area contributed by atoms with E-state index in [0.717, 1.165) is 78.2 Å². The van der Waals surface area contributed by atoms with Crippen molar-refractivity contribution in [2.75, 3.05) is 11.9 Å². The number of nitrogens with two attached hydrogens (primary N) is 1. The van der Waals surface area contributed by atoms with E-state index >= 15 is 0 Å². The topological polar surface area (TPSA) is 155 Å². The lowest BCUT2D eigenvalue weighted by Gasteiger charge is -2.28. The van der Waals surface area contributed by atoms with Crippen molar-refractivity contribution in [3.8, 4) is 11.1 Å². The number of aryl methyl sites for hydroxylation is 1. The Bertz CT molecular complexity index is 1670. The molecular weight excluding hydrogens is 566 g/mol. The van der Waals surface area contributed by atoms with E-state index < -0.39 is 6.04 Å². The molecule has 1 unspecified atom stereocenters. The number of hydrogen-bond donors (Lipinski definition) is 5. The van der Waals surface area contributed by atoms with Gasteiger partial charge >= 0.3 is 0 Å². The fourth-order valence-electron chi connectivity index (χ4n) is 6.26. The van der Waals surface area contributed by atoms with E-state index in [-0.39, 0.29) is 29.7 Å². The van der Waals surface area contributed by atoms with Crippen LogP contribution in [0, 0.1) is 18.8 Å². The molecule has 0 spiro atoms. The summed E-state index contributed by atoms with van der Waals surface area (Å²) in [6.45, 7) is 2.55. The van der Waals surface area contributed by atoms with Crippen LogP contribution in [-0.2, 0) is 16.0 Å². The van der Waals surface area contributed by atoms with Gasteiger partial charge in [-0.1, -0.05) is 30.3 Å². The van der Waals surface area contributed by atoms with Crippen LogP contribution in [0.25, 0.3) is 22.0 Å². The molecule has 4 aromatic rings. The second kappa shape index (κ2) is 13.6. The number of anilines is 1. The quantitative estimate of drug-likeness (QED) is 0.177. The third-order valence-electron chi connectivity index (χ3n) is 9.36. The molecule has 2 heterocycles. The molecule has 2 aliphatic rings. The summed E-state index contributed by atoms with van der Waals surface area (Å²) in [6.07, 6.45) is 8.68. The van der Waals surface area contributed by atoms with Gasteiger partial charge < -0.3 is 21.7 Å². The molecule has 10 nitrogen and oxygen atoms in total. The number of H-pyrrole nitrogens is 1. The van der Waals surface area contributed by atoms with E-state index in [1.807, 2.05) is 55.5 Å². The first-order chi connectivity index (χ1) is 21.9. The smallest absolute Gasteiger partial charge is 0.270 e. The maximum atomic E-state index is 13.6. The van der Waals surface area contributed by atoms with Gasteiger partial charge in [-0.2, -0.15) is 5.10 Å². The van der Waals surface area contributed by atoms with Gasteiger partial charge in [0.25, 0.3) is 5.91 Å². The van der Waals surface area contributed by atoms with Crippen LogP contribution >= 0.6 is 0 Å². The Morgan fingerprint density at radius 2 is 1.76 bits per heavy atom. The van der Waals surface area contributed by atoms with Gasteiger partial charge in [0.05, 0.1) is 11.7 Å². The number of nitrogens with one attached hydrogen (secondary N) is 4. The van der Waals surface area contributed by atoms with Crippen molar-refractivity contribution in [3.05, 3.63) is 77.7 Å². The lowest BCUT2D eigenvalue weighted by Crippen LogP contribution is -2.48. The largest absolute Gasteiger partial charge is 0.348 e. The molecule has 1 atom stereocenters. The molecule has 0 radical (unpaired) electrons. The van der Waals surface area contributed by atoms with E-state index in [0.29, 0.717) is 30.3 Å². The maximum Gasteiger partial charge on any atom is 0.270 e. The summed E-state index contributed by atoms with van der Waals surface area (Å²) in [7, 11) is 0. The highest BCUT2D eigenvalue weighted by Crippen LogP contribution is 2.29. The van der Waals surface area contributed by atoms with Crippen LogP contribution in [0.5, 0.6) is 0 Å². The van der Waals surface area contributed by atoms with E-state index in [4.69, 9.17) is 5.73 Å². The number of hydrogen-bond acceptors (Lipinski definition) is 6. The van der Waals surface area contributed by atoms with Crippen molar-refractivity contribution in [1.29, 1.82) is 0 Å². The zero-order valence-corrected chi connectivity index (χ0v) is 25.6. The first-order valence-electron chi connectivity index (χ1n) is 16.0. The number of amides is 3. The number of nitrogens with zero attached hydrogens (tertiary/aromatic N) is 2. The van der Waals surface area contributed by atoms with Crippen molar-refractivity contribution in [2.45, 2.75) is 70.4 Å². The summed E-state index contributed by atoms with van der Waals surface area (Å²) >= 11 is 0. The minimum Gasteiger partial charge on any atom is -0.348 e. The molecule has 2 saturated carbocycles. The van der Waals surface area contributed by atoms with Gasteiger partial charge in [-0.25, -0.2) is 4.98 Å². The van der Waals surface area contributed by atoms with Crippen molar-refractivity contribution in [1.82, 2.24) is 25.8 Å². The Hall–Kier alpha value is -4.57. The van der Waals surface area contributed by atoms with Crippen molar-refractivity contribution >= 4 is 34.3 Å². The second-order valence-corrected chi connectivity index (χ2v) is 12.5. The monoisotopic (exact) mass is 607 g/mol. The normalized spacial score (nSPS) is 19.0. The molecule has 6 N–H and O–H groups in total. The van der Waals surface area contributed by atoms with Gasteiger partial charge in [0.15, 0.2) is 0 Å². The predicted molar refractivity (Wildman–Crippen MR) is 174 cm³/mol. The van der Waals surface area contributed by atoms with Gasteiger partial charge in [0.2, 0.25) is 11.8 Å². The van der Waals surface area contributed by atoms with Crippen LogP contribution in [0.1, 0.15) is 66.7 Å². The molecule has 10 heteroatoms. The van der Waals surface area contributed by atoms with E-state index in [9.17, 15) is 14.4 Å². The molecule has 6 rings (SSSR count). The number of aromatic nitrogens is 3. The highest BCUT2D eigenvalue weighted by molar-refractivity contribution is 5.99. The van der Waals surface area contributed by atoms with E-state index in [1.165, 1.54) is 0 Å². The van der Waals surface area contributed by atoms with Crippen molar-refractivity contribution in [3.63, 3.8) is 0 Å². The number of aromatic amines is 1. The summed E-state index contributed by atoms with van der Waals surface area (Å²) in [6, 6.07) is 16.7. The zero-order valence-electron chi connectivity index (χ0n) is 25.6. The van der Waals surface area contributed by atoms with Crippen LogP contribution in [0.2, 0.25) is 0 Å². The van der Waals surface area contributed by atoms with Crippen molar-refractivity contribution < 1.29 is 14.4 Å². The highest BCUT2D eigenvalue weighted by Gasteiger charge is 2.29. The van der Waals surface area contributed by atoms with Crippen LogP contribution in [0.15, 0.2) is 60.8 Å². The molecule has 2 fully saturated rings. The molecule has 3 amide bonds. The number of fused-ring (bicyclic) bond motifs is 1. The van der Waals surface area contributed by atoms with Gasteiger partial charge in [0, 0.05) is 40.7 Å². The Morgan fingerprint density at radius 3 is 2.44 bits per heavy atom. The van der Waals surface area contributed by atoms with Gasteiger partial charge in [-0.05, 0) is 99.7 Å². The third-order valence-corrected chi connectivity index (χ3v) is 9.36. The van der Waals surface area contributed by atoms with Gasteiger partial charge in [-0.15, -0.1) is 0 Å². The second-order valence-electron chi connectivity index (χ2n) is 12.5. The number of rotatable bonds is 10. The summed E-state index contributed by atoms with van der Waals surface area (Å²) < 4.78 is 0. The Labute approximate surface area is 263 Å².